The molecule has 0 aliphatic carbocycles. The normalized spacial score (nSPS) is 12.3. The number of pyridine rings is 1. The summed E-state index contributed by atoms with van der Waals surface area (Å²) < 4.78 is 1.11. The van der Waals surface area contributed by atoms with Crippen LogP contribution in [0.1, 0.15) is 5.56 Å². The average Bonchev–Trinajstić information content (AvgIpc) is 2.45. The Balaban J connectivity index is 1.94. The minimum absolute atomic E-state index is 0.366. The predicted molar refractivity (Wildman–Crippen MR) is 90.1 cm³/mol. The van der Waals surface area contributed by atoms with Gasteiger partial charge in [0.05, 0.1) is 0 Å². The molecule has 0 fully saturated rings. The Kier molecular flexibility index (Phi) is 5.88. The molecule has 0 bridgehead atoms. The van der Waals surface area contributed by atoms with Crippen molar-refractivity contribution in [1.29, 1.82) is 0 Å². The van der Waals surface area contributed by atoms with Crippen molar-refractivity contribution >= 4 is 33.4 Å². The fraction of sp³-hybridized carbons (Fsp3) is 0.267. The third-order valence-corrected chi connectivity index (χ3v) is 4.71. The second-order valence-corrected chi connectivity index (χ2v) is 6.54. The highest BCUT2D eigenvalue weighted by Gasteiger charge is 2.10. The van der Waals surface area contributed by atoms with Crippen LogP contribution in [0.15, 0.2) is 52.1 Å². The summed E-state index contributed by atoms with van der Waals surface area (Å²) >= 11 is 5.33. The fourth-order valence-corrected chi connectivity index (χ4v) is 3.49. The molecular weight excluding hydrogens is 334 g/mol. The number of nitrogens with one attached hydrogen (secondary N) is 1. The SMILES string of the molecule is CNC(CSc1cccc(Br)c1)Cc1cnccc1N. The smallest absolute Gasteiger partial charge is 0.0378 e. The molecule has 0 aliphatic rings. The Labute approximate surface area is 132 Å². The van der Waals surface area contributed by atoms with Gasteiger partial charge in [-0.25, -0.2) is 0 Å². The second-order valence-electron chi connectivity index (χ2n) is 4.53. The summed E-state index contributed by atoms with van der Waals surface area (Å²) in [7, 11) is 1.98. The molecule has 1 unspecified atom stereocenters. The summed E-state index contributed by atoms with van der Waals surface area (Å²) in [6.07, 6.45) is 4.46. The lowest BCUT2D eigenvalue weighted by atomic mass is 10.1. The van der Waals surface area contributed by atoms with Crippen molar-refractivity contribution in [2.75, 3.05) is 18.5 Å². The number of rotatable bonds is 6. The van der Waals surface area contributed by atoms with Gasteiger partial charge in [0.1, 0.15) is 0 Å². The molecule has 2 rings (SSSR count). The maximum Gasteiger partial charge on any atom is 0.0378 e. The predicted octanol–water partition coefficient (Wildman–Crippen LogP) is 3.35. The molecule has 1 aromatic carbocycles. The molecule has 0 saturated carbocycles. The van der Waals surface area contributed by atoms with Gasteiger partial charge in [0.15, 0.2) is 0 Å². The zero-order valence-electron chi connectivity index (χ0n) is 11.3. The van der Waals surface area contributed by atoms with Gasteiger partial charge in [-0.1, -0.05) is 22.0 Å². The van der Waals surface area contributed by atoms with E-state index in [1.54, 1.807) is 6.20 Å². The third-order valence-electron chi connectivity index (χ3n) is 3.06. The molecule has 5 heteroatoms. The first kappa shape index (κ1) is 15.4. The van der Waals surface area contributed by atoms with Crippen LogP contribution in [0, 0.1) is 0 Å². The van der Waals surface area contributed by atoms with E-state index in [0.29, 0.717) is 6.04 Å². The van der Waals surface area contributed by atoms with Crippen molar-refractivity contribution in [3.63, 3.8) is 0 Å². The first-order valence-electron chi connectivity index (χ1n) is 6.43. The molecule has 106 valence electrons. The standard InChI is InChI=1S/C15H18BrN3S/c1-18-13(7-11-9-19-6-5-15(11)17)10-20-14-4-2-3-12(16)8-14/h2-6,8-9,13,18H,7,10H2,1H3,(H2,17,19). The largest absolute Gasteiger partial charge is 0.398 e. The van der Waals surface area contributed by atoms with Gasteiger partial charge < -0.3 is 11.1 Å². The van der Waals surface area contributed by atoms with E-state index in [2.05, 4.69) is 44.4 Å². The molecule has 0 radical (unpaired) electrons. The molecule has 0 aliphatic heterocycles. The number of hydrogen-bond acceptors (Lipinski definition) is 4. The molecule has 2 aromatic rings. The molecular formula is C15H18BrN3S. The minimum Gasteiger partial charge on any atom is -0.398 e. The quantitative estimate of drug-likeness (QED) is 0.783. The lowest BCUT2D eigenvalue weighted by molar-refractivity contribution is 0.617. The van der Waals surface area contributed by atoms with E-state index in [1.165, 1.54) is 4.90 Å². The first-order chi connectivity index (χ1) is 9.69. The van der Waals surface area contributed by atoms with Crippen LogP contribution in [0.25, 0.3) is 0 Å². The van der Waals surface area contributed by atoms with E-state index >= 15 is 0 Å². The number of anilines is 1. The van der Waals surface area contributed by atoms with Gasteiger partial charge in [0.2, 0.25) is 0 Å². The number of thioether (sulfide) groups is 1. The van der Waals surface area contributed by atoms with Crippen LogP contribution in [0.2, 0.25) is 0 Å². The van der Waals surface area contributed by atoms with Crippen LogP contribution in [0.4, 0.5) is 5.69 Å². The molecule has 1 heterocycles. The summed E-state index contributed by atoms with van der Waals surface area (Å²) in [5.41, 5.74) is 7.88. The maximum absolute atomic E-state index is 5.97. The lowest BCUT2D eigenvalue weighted by Crippen LogP contribution is -2.30. The van der Waals surface area contributed by atoms with E-state index in [1.807, 2.05) is 37.1 Å². The van der Waals surface area contributed by atoms with E-state index in [9.17, 15) is 0 Å². The van der Waals surface area contributed by atoms with Gasteiger partial charge in [-0.3, -0.25) is 4.98 Å². The number of likely N-dealkylation sites (N-methyl/N-ethyl adjacent to an activating group) is 1. The maximum atomic E-state index is 5.97. The van der Waals surface area contributed by atoms with E-state index in [-0.39, 0.29) is 0 Å². The number of aromatic nitrogens is 1. The van der Waals surface area contributed by atoms with Gasteiger partial charge in [-0.2, -0.15) is 0 Å². The van der Waals surface area contributed by atoms with E-state index < -0.39 is 0 Å². The zero-order chi connectivity index (χ0) is 14.4. The van der Waals surface area contributed by atoms with Crippen LogP contribution >= 0.6 is 27.7 Å². The molecule has 1 atom stereocenters. The van der Waals surface area contributed by atoms with Gasteiger partial charge >= 0.3 is 0 Å². The van der Waals surface area contributed by atoms with Crippen molar-refractivity contribution in [3.05, 3.63) is 52.8 Å². The van der Waals surface area contributed by atoms with Crippen LogP contribution in [0.5, 0.6) is 0 Å². The van der Waals surface area contributed by atoms with Crippen molar-refractivity contribution in [3.8, 4) is 0 Å². The summed E-state index contributed by atoms with van der Waals surface area (Å²) in [6, 6.07) is 10.6. The van der Waals surface area contributed by atoms with Gasteiger partial charge in [-0.15, -0.1) is 11.8 Å². The lowest BCUT2D eigenvalue weighted by Gasteiger charge is -2.16. The van der Waals surface area contributed by atoms with Crippen molar-refractivity contribution in [2.24, 2.45) is 0 Å². The molecule has 0 saturated heterocycles. The molecule has 3 nitrogen and oxygen atoms in total. The van der Waals surface area contributed by atoms with E-state index in [0.717, 1.165) is 27.9 Å². The third kappa shape index (κ3) is 4.51. The monoisotopic (exact) mass is 351 g/mol. The van der Waals surface area contributed by atoms with Crippen molar-refractivity contribution in [1.82, 2.24) is 10.3 Å². The Morgan fingerprint density at radius 3 is 2.95 bits per heavy atom. The molecule has 0 amide bonds. The Morgan fingerprint density at radius 2 is 2.25 bits per heavy atom. The average molecular weight is 352 g/mol. The minimum atomic E-state index is 0.366. The van der Waals surface area contributed by atoms with Gasteiger partial charge in [0.25, 0.3) is 0 Å². The molecule has 1 aromatic heterocycles. The number of nitrogens with two attached hydrogens (primary N) is 1. The number of hydrogen-bond donors (Lipinski definition) is 2. The number of benzene rings is 1. The highest BCUT2D eigenvalue weighted by molar-refractivity contribution is 9.10. The van der Waals surface area contributed by atoms with Gasteiger partial charge in [0, 0.05) is 39.2 Å². The zero-order valence-corrected chi connectivity index (χ0v) is 13.7. The molecule has 0 spiro atoms. The van der Waals surface area contributed by atoms with Crippen molar-refractivity contribution < 1.29 is 0 Å². The van der Waals surface area contributed by atoms with Gasteiger partial charge in [-0.05, 0) is 43.3 Å². The highest BCUT2D eigenvalue weighted by Crippen LogP contribution is 2.23. The topological polar surface area (TPSA) is 50.9 Å². The Hall–Kier alpha value is -1.04. The summed E-state index contributed by atoms with van der Waals surface area (Å²) in [6.45, 7) is 0. The fourth-order valence-electron chi connectivity index (χ4n) is 1.87. The molecule has 3 N–H and O–H groups in total. The van der Waals surface area contributed by atoms with Crippen LogP contribution in [0.3, 0.4) is 0 Å². The summed E-state index contributed by atoms with van der Waals surface area (Å²) in [5, 5.41) is 3.35. The summed E-state index contributed by atoms with van der Waals surface area (Å²) in [4.78, 5) is 5.40. The van der Waals surface area contributed by atoms with E-state index in [4.69, 9.17) is 5.73 Å². The number of nitrogens with zero attached hydrogens (tertiary/aromatic N) is 1. The van der Waals surface area contributed by atoms with Crippen molar-refractivity contribution in [2.45, 2.75) is 17.4 Å². The second kappa shape index (κ2) is 7.67. The highest BCUT2D eigenvalue weighted by atomic mass is 79.9. The Morgan fingerprint density at radius 1 is 1.40 bits per heavy atom. The number of nitrogen functional groups attached to an aromatic ring is 1. The molecule has 20 heavy (non-hydrogen) atoms. The van der Waals surface area contributed by atoms with Crippen LogP contribution in [-0.4, -0.2) is 23.8 Å². The first-order valence-corrected chi connectivity index (χ1v) is 8.21. The Bertz CT molecular complexity index is 562. The number of halogens is 1. The van der Waals surface area contributed by atoms with Crippen LogP contribution < -0.4 is 11.1 Å². The summed E-state index contributed by atoms with van der Waals surface area (Å²) in [5.74, 6) is 0.987. The van der Waals surface area contributed by atoms with Crippen LogP contribution in [-0.2, 0) is 6.42 Å².